The zero-order chi connectivity index (χ0) is 27.2. The number of hydrogen-bond acceptors (Lipinski definition) is 6. The third-order valence-corrected chi connectivity index (χ3v) is 7.14. The van der Waals surface area contributed by atoms with Crippen molar-refractivity contribution in [3.05, 3.63) is 72.1 Å². The molecule has 4 aromatic rings. The molecule has 0 bridgehead atoms. The standard InChI is InChI=1S/C31H35F2N5O/c1-21-13-14-24-22(8-3-4-16-31(2,32)33)9-5-11-25(24)28(21)39-29-26(12-7-18-35-29)27-15-19-36-30(38-27)37-23-10-6-17-34-20-23/h5,7,9,11-15,18-19,23,34H,3-4,6,8,10,16-17,20H2,1-2H3,(H,36,37,38)/t23-/m0/s1. The van der Waals surface area contributed by atoms with Gasteiger partial charge in [0, 0.05) is 36.8 Å². The number of fused-ring (bicyclic) bond motifs is 1. The molecule has 6 nitrogen and oxygen atoms in total. The summed E-state index contributed by atoms with van der Waals surface area (Å²) in [6.07, 6.45) is 7.50. The van der Waals surface area contributed by atoms with Crippen LogP contribution in [0.4, 0.5) is 14.7 Å². The molecule has 2 aromatic carbocycles. The van der Waals surface area contributed by atoms with E-state index in [1.54, 1.807) is 12.4 Å². The minimum absolute atomic E-state index is 0.0918. The molecule has 2 N–H and O–H groups in total. The summed E-state index contributed by atoms with van der Waals surface area (Å²) in [5, 5.41) is 8.88. The van der Waals surface area contributed by atoms with Gasteiger partial charge in [-0.2, -0.15) is 0 Å². The van der Waals surface area contributed by atoms with E-state index in [4.69, 9.17) is 9.72 Å². The van der Waals surface area contributed by atoms with Crippen molar-refractivity contribution in [2.45, 2.75) is 64.3 Å². The number of aryl methyl sites for hydroxylation is 2. The molecule has 0 amide bonds. The summed E-state index contributed by atoms with van der Waals surface area (Å²) in [5.41, 5.74) is 3.61. The average molecular weight is 532 g/mol. The van der Waals surface area contributed by atoms with E-state index >= 15 is 0 Å². The third kappa shape index (κ3) is 6.87. The van der Waals surface area contributed by atoms with Crippen molar-refractivity contribution in [1.29, 1.82) is 0 Å². The van der Waals surface area contributed by atoms with Gasteiger partial charge in [-0.15, -0.1) is 0 Å². The monoisotopic (exact) mass is 531 g/mol. The number of rotatable bonds is 10. The predicted molar refractivity (Wildman–Crippen MR) is 152 cm³/mol. The summed E-state index contributed by atoms with van der Waals surface area (Å²) >= 11 is 0. The number of halogens is 2. The Bertz CT molecular complexity index is 1420. The van der Waals surface area contributed by atoms with E-state index in [-0.39, 0.29) is 6.42 Å². The fourth-order valence-electron chi connectivity index (χ4n) is 5.11. The molecular formula is C31H35F2N5O. The Morgan fingerprint density at radius 1 is 1.03 bits per heavy atom. The Balaban J connectivity index is 1.41. The van der Waals surface area contributed by atoms with E-state index in [1.807, 2.05) is 43.3 Å². The molecule has 1 aliphatic rings. The topological polar surface area (TPSA) is 72.0 Å². The van der Waals surface area contributed by atoms with E-state index < -0.39 is 5.92 Å². The highest BCUT2D eigenvalue weighted by molar-refractivity contribution is 5.92. The Morgan fingerprint density at radius 2 is 1.92 bits per heavy atom. The molecule has 1 atom stereocenters. The summed E-state index contributed by atoms with van der Waals surface area (Å²) in [6.45, 7) is 4.93. The van der Waals surface area contributed by atoms with Crippen LogP contribution in [-0.2, 0) is 6.42 Å². The maximum Gasteiger partial charge on any atom is 0.245 e. The van der Waals surface area contributed by atoms with Gasteiger partial charge in [-0.25, -0.2) is 23.7 Å². The van der Waals surface area contributed by atoms with Crippen molar-refractivity contribution >= 4 is 16.7 Å². The molecule has 2 aromatic heterocycles. The van der Waals surface area contributed by atoms with Crippen LogP contribution < -0.4 is 15.4 Å². The molecule has 0 unspecified atom stereocenters. The second-order valence-corrected chi connectivity index (χ2v) is 10.4. The zero-order valence-electron chi connectivity index (χ0n) is 22.5. The zero-order valence-corrected chi connectivity index (χ0v) is 22.5. The number of nitrogens with one attached hydrogen (secondary N) is 2. The van der Waals surface area contributed by atoms with Crippen LogP contribution in [0, 0.1) is 6.92 Å². The van der Waals surface area contributed by atoms with Gasteiger partial charge >= 0.3 is 0 Å². The van der Waals surface area contributed by atoms with Gasteiger partial charge in [0.1, 0.15) is 5.75 Å². The Kier molecular flexibility index (Phi) is 8.31. The van der Waals surface area contributed by atoms with Crippen LogP contribution in [0.3, 0.4) is 0 Å². The first kappa shape index (κ1) is 26.9. The van der Waals surface area contributed by atoms with E-state index in [9.17, 15) is 8.78 Å². The number of ether oxygens (including phenoxy) is 1. The largest absolute Gasteiger partial charge is 0.437 e. The molecule has 0 radical (unpaired) electrons. The van der Waals surface area contributed by atoms with Crippen LogP contribution in [0.5, 0.6) is 11.6 Å². The van der Waals surface area contributed by atoms with Gasteiger partial charge in [-0.3, -0.25) is 0 Å². The molecule has 39 heavy (non-hydrogen) atoms. The van der Waals surface area contributed by atoms with E-state index in [2.05, 4.69) is 32.7 Å². The lowest BCUT2D eigenvalue weighted by Crippen LogP contribution is -2.38. The number of pyridine rings is 1. The highest BCUT2D eigenvalue weighted by Gasteiger charge is 2.20. The Morgan fingerprint density at radius 3 is 2.74 bits per heavy atom. The molecule has 0 spiro atoms. The number of anilines is 1. The van der Waals surface area contributed by atoms with Crippen molar-refractivity contribution < 1.29 is 13.5 Å². The molecule has 1 aliphatic heterocycles. The summed E-state index contributed by atoms with van der Waals surface area (Å²) in [5.74, 6) is -0.837. The van der Waals surface area contributed by atoms with Gasteiger partial charge in [0.15, 0.2) is 0 Å². The quantitative estimate of drug-likeness (QED) is 0.209. The minimum Gasteiger partial charge on any atom is -0.437 e. The van der Waals surface area contributed by atoms with Gasteiger partial charge in [0.2, 0.25) is 17.8 Å². The second-order valence-electron chi connectivity index (χ2n) is 10.4. The van der Waals surface area contributed by atoms with E-state index in [0.717, 1.165) is 78.2 Å². The van der Waals surface area contributed by atoms with Gasteiger partial charge < -0.3 is 15.4 Å². The summed E-state index contributed by atoms with van der Waals surface area (Å²) < 4.78 is 33.0. The van der Waals surface area contributed by atoms with Crippen LogP contribution in [0.2, 0.25) is 0 Å². The smallest absolute Gasteiger partial charge is 0.245 e. The lowest BCUT2D eigenvalue weighted by Gasteiger charge is -2.23. The molecular weight excluding hydrogens is 496 g/mol. The van der Waals surface area contributed by atoms with Crippen LogP contribution in [0.15, 0.2) is 60.9 Å². The Labute approximate surface area is 228 Å². The fourth-order valence-corrected chi connectivity index (χ4v) is 5.11. The van der Waals surface area contributed by atoms with Crippen molar-refractivity contribution in [3.8, 4) is 22.9 Å². The maximum absolute atomic E-state index is 13.3. The van der Waals surface area contributed by atoms with Gasteiger partial charge in [-0.05, 0) is 87.2 Å². The highest BCUT2D eigenvalue weighted by atomic mass is 19.3. The molecule has 3 heterocycles. The number of hydrogen-bond donors (Lipinski definition) is 2. The number of benzene rings is 2. The number of alkyl halides is 2. The van der Waals surface area contributed by atoms with Gasteiger partial charge in [0.25, 0.3) is 0 Å². The Hall–Kier alpha value is -3.65. The predicted octanol–water partition coefficient (Wildman–Crippen LogP) is 7.32. The van der Waals surface area contributed by atoms with E-state index in [0.29, 0.717) is 30.7 Å². The third-order valence-electron chi connectivity index (χ3n) is 7.14. The summed E-state index contributed by atoms with van der Waals surface area (Å²) in [7, 11) is 0. The highest BCUT2D eigenvalue weighted by Crippen LogP contribution is 2.38. The fraction of sp³-hybridized carbons (Fsp3) is 0.387. The number of aromatic nitrogens is 3. The molecule has 204 valence electrons. The van der Waals surface area contributed by atoms with Crippen molar-refractivity contribution in [2.75, 3.05) is 18.4 Å². The molecule has 0 aliphatic carbocycles. The SMILES string of the molecule is Cc1ccc2c(CCCCC(C)(F)F)cccc2c1Oc1ncccc1-c1ccnc(N[C@H]2CCCNC2)n1. The van der Waals surface area contributed by atoms with Crippen molar-refractivity contribution in [3.63, 3.8) is 0 Å². The molecule has 1 saturated heterocycles. The molecule has 1 fully saturated rings. The average Bonchev–Trinajstić information content (AvgIpc) is 2.93. The summed E-state index contributed by atoms with van der Waals surface area (Å²) in [4.78, 5) is 13.8. The maximum atomic E-state index is 13.3. The van der Waals surface area contributed by atoms with Crippen molar-refractivity contribution in [1.82, 2.24) is 20.3 Å². The van der Waals surface area contributed by atoms with Crippen LogP contribution >= 0.6 is 0 Å². The summed E-state index contributed by atoms with van der Waals surface area (Å²) in [6, 6.07) is 16.2. The van der Waals surface area contributed by atoms with Gasteiger partial charge in [-0.1, -0.05) is 30.3 Å². The number of nitrogens with zero attached hydrogens (tertiary/aromatic N) is 3. The second kappa shape index (κ2) is 12.0. The van der Waals surface area contributed by atoms with Crippen LogP contribution in [-0.4, -0.2) is 40.0 Å². The first-order valence-corrected chi connectivity index (χ1v) is 13.7. The first-order chi connectivity index (χ1) is 18.9. The molecule has 5 rings (SSSR count). The lowest BCUT2D eigenvalue weighted by atomic mass is 9.97. The van der Waals surface area contributed by atoms with Gasteiger partial charge in [0.05, 0.1) is 11.3 Å². The van der Waals surface area contributed by atoms with Crippen LogP contribution in [0.25, 0.3) is 22.0 Å². The van der Waals surface area contributed by atoms with Crippen LogP contribution in [0.1, 0.15) is 50.2 Å². The normalized spacial score (nSPS) is 15.8. The number of unbranched alkanes of at least 4 members (excludes halogenated alkanes) is 1. The molecule has 0 saturated carbocycles. The number of piperidine rings is 1. The first-order valence-electron chi connectivity index (χ1n) is 13.7. The molecule has 8 heteroatoms. The lowest BCUT2D eigenvalue weighted by molar-refractivity contribution is 0.0105. The van der Waals surface area contributed by atoms with Crippen molar-refractivity contribution in [2.24, 2.45) is 0 Å². The van der Waals surface area contributed by atoms with E-state index in [1.165, 1.54) is 0 Å². The minimum atomic E-state index is -2.62.